The van der Waals surface area contributed by atoms with Gasteiger partial charge >= 0.3 is 36.3 Å². The fourth-order valence-electron chi connectivity index (χ4n) is 16.0. The van der Waals surface area contributed by atoms with Crippen molar-refractivity contribution in [3.8, 4) is 28.5 Å². The maximum atomic E-state index is 14.6. The number of carbonyl (C=O) groups is 5. The zero-order chi connectivity index (χ0) is 97.6. The highest BCUT2D eigenvalue weighted by Crippen LogP contribution is 2.39. The van der Waals surface area contributed by atoms with E-state index < -0.39 is 48.1 Å². The molecule has 0 bridgehead atoms. The number of urea groups is 5. The van der Waals surface area contributed by atoms with Crippen LogP contribution in [-0.4, -0.2) is 117 Å². The molecule has 138 heavy (non-hydrogen) atoms. The average Bonchev–Trinajstić information content (AvgIpc) is 0.754. The molecule has 0 atom stereocenters. The van der Waals surface area contributed by atoms with Crippen LogP contribution in [0.4, 0.5) is 144 Å². The summed E-state index contributed by atoms with van der Waals surface area (Å²) >= 11 is 17.3. The number of phenolic OH excluding ortho intramolecular Hbond substituents is 1. The van der Waals surface area contributed by atoms with Crippen molar-refractivity contribution in [2.75, 3.05) is 143 Å². The summed E-state index contributed by atoms with van der Waals surface area (Å²) in [6, 6.07) is 64.1. The van der Waals surface area contributed by atoms with E-state index >= 15 is 0 Å². The number of aromatic hydroxyl groups is 1. The fourth-order valence-corrected chi connectivity index (χ4v) is 16.5. The Morgan fingerprint density at radius 1 is 0.348 bits per heavy atom. The second-order valence-electron chi connectivity index (χ2n) is 33.5. The Kier molecular flexibility index (Phi) is 36.3. The standard InChI is InChI=1S/C24H24FN3O2.C23H24FN5O.C19H18ClF4N3O.C19H21ClFN3O.C18H19ClFN3O2/c25-22-17-19(11-14-23(22)28-15-5-2-6-16-28)27-24(29)26-18-9-12-21(13-10-18)30-20-7-3-1-4-8-20;1-16-25-11-10-21(26-16)17-6-5-7-18(14-17)27-23(30)28-19-8-9-22(20(24)15-19)29-12-3-2-4-13-29;20-13-1-3-14(4-2-13)25-18(28)26-15-5-6-17(16(21)11-15)27-9-7-12(8-10-27)19(22,23)24;1-13-8-10-24(11-9-13)18-7-6-16(12-17(18)21)23-19(25)22-15-4-2-14(20)3-5-15;19-12-4-6-15(17(24)10-12)22-18(25)21-13-5-7-16(14(20)11-13)23-8-2-1-3-9-23/h1,3-4,7-14,17H,2,5-6,15-16H2,(H2,26,27,29);5-11,14-15H,2-4,12-13H2,1H3,(H2,27,28,30);1-6,11-12H,7-10H2,(H2,25,26,28);2-7,12-13H,8-11H2,1H3,(H2,22,23,25);4-7,10-11,24H,1-3,8-9H2,(H2,21,22,25). The van der Waals surface area contributed by atoms with Gasteiger partial charge in [0.25, 0.3) is 0 Å². The molecule has 10 amide bonds. The fraction of sp³-hybridized carbons (Fsp3) is 0.272. The molecule has 5 fully saturated rings. The first-order valence-corrected chi connectivity index (χ1v) is 46.6. The molecule has 722 valence electrons. The lowest BCUT2D eigenvalue weighted by Gasteiger charge is -2.34. The third kappa shape index (κ3) is 30.9. The number of carbonyl (C=O) groups excluding carboxylic acids is 5. The van der Waals surface area contributed by atoms with Crippen LogP contribution in [0.1, 0.15) is 96.2 Å². The number of nitrogens with zero attached hydrogens (tertiary/aromatic N) is 7. The number of para-hydroxylation sites is 1. The molecule has 0 radical (unpaired) electrons. The lowest BCUT2D eigenvalue weighted by atomic mass is 9.96. The van der Waals surface area contributed by atoms with Crippen LogP contribution in [0.3, 0.4) is 0 Å². The Balaban J connectivity index is 0.000000146. The molecule has 0 aliphatic carbocycles. The number of rotatable bonds is 18. The van der Waals surface area contributed by atoms with Gasteiger partial charge < -0.3 is 87.5 Å². The van der Waals surface area contributed by atoms with E-state index in [-0.39, 0.29) is 72.0 Å². The maximum absolute atomic E-state index is 14.6. The molecule has 5 saturated heterocycles. The van der Waals surface area contributed by atoms with Crippen molar-refractivity contribution >= 4 is 150 Å². The number of aryl methyl sites for hydroxylation is 1. The molecule has 0 unspecified atom stereocenters. The van der Waals surface area contributed by atoms with Crippen LogP contribution in [0.25, 0.3) is 11.3 Å². The molecule has 1 aromatic heterocycles. The predicted molar refractivity (Wildman–Crippen MR) is 536 cm³/mol. The van der Waals surface area contributed by atoms with Gasteiger partial charge in [0.1, 0.15) is 52.2 Å². The highest BCUT2D eigenvalue weighted by molar-refractivity contribution is 6.31. The number of amides is 10. The van der Waals surface area contributed by atoms with Crippen molar-refractivity contribution in [3.63, 3.8) is 0 Å². The van der Waals surface area contributed by atoms with Gasteiger partial charge in [-0.2, -0.15) is 13.2 Å². The van der Waals surface area contributed by atoms with E-state index in [2.05, 4.69) is 84.8 Å². The molecular weight excluding hydrogens is 1850 g/mol. The molecule has 0 saturated carbocycles. The third-order valence-electron chi connectivity index (χ3n) is 23.2. The van der Waals surface area contributed by atoms with Crippen LogP contribution in [0.15, 0.2) is 249 Å². The molecule has 5 aliphatic rings. The van der Waals surface area contributed by atoms with Gasteiger partial charge in [-0.15, -0.1) is 0 Å². The lowest BCUT2D eigenvalue weighted by molar-refractivity contribution is -0.179. The first-order valence-electron chi connectivity index (χ1n) is 45.4. The topological polar surface area (TPSA) is 277 Å². The number of nitrogens with one attached hydrogen (secondary N) is 10. The van der Waals surface area contributed by atoms with Gasteiger partial charge in [-0.25, -0.2) is 55.9 Å². The minimum Gasteiger partial charge on any atom is -0.506 e. The normalized spacial score (nSPS) is 14.4. The molecule has 11 N–H and O–H groups in total. The first-order chi connectivity index (χ1) is 66.5. The van der Waals surface area contributed by atoms with E-state index in [1.54, 1.807) is 145 Å². The quantitative estimate of drug-likeness (QED) is 0.0282. The summed E-state index contributed by atoms with van der Waals surface area (Å²) < 4.78 is 116. The van der Waals surface area contributed by atoms with Crippen LogP contribution in [-0.2, 0) is 0 Å². The molecule has 11 aromatic carbocycles. The van der Waals surface area contributed by atoms with E-state index in [1.807, 2.05) is 66.4 Å². The minimum absolute atomic E-state index is 0.0631. The monoisotopic (exact) mass is 1950 g/mol. The molecular formula is C103H106Cl3F8N17O7. The van der Waals surface area contributed by atoms with E-state index in [4.69, 9.17) is 39.5 Å². The third-order valence-corrected chi connectivity index (χ3v) is 24.0. The number of phenols is 1. The van der Waals surface area contributed by atoms with Gasteiger partial charge in [0.15, 0.2) is 0 Å². The van der Waals surface area contributed by atoms with Crippen LogP contribution in [0.5, 0.6) is 17.2 Å². The summed E-state index contributed by atoms with van der Waals surface area (Å²) in [6.07, 6.45) is 9.51. The Labute approximate surface area is 810 Å². The smallest absolute Gasteiger partial charge is 0.391 e. The molecule has 17 rings (SSSR count). The highest BCUT2D eigenvalue weighted by atomic mass is 35.5. The van der Waals surface area contributed by atoms with Gasteiger partial charge in [0.2, 0.25) is 0 Å². The van der Waals surface area contributed by atoms with Crippen LogP contribution in [0, 0.1) is 47.8 Å². The molecule has 12 aromatic rings. The summed E-state index contributed by atoms with van der Waals surface area (Å²) in [6.45, 7) is 11.2. The maximum Gasteiger partial charge on any atom is 0.391 e. The molecule has 5 aliphatic heterocycles. The van der Waals surface area contributed by atoms with Gasteiger partial charge in [-0.3, -0.25) is 0 Å². The molecule has 24 nitrogen and oxygen atoms in total. The zero-order valence-corrected chi connectivity index (χ0v) is 78.0. The molecule has 35 heteroatoms. The Morgan fingerprint density at radius 3 is 1.02 bits per heavy atom. The van der Waals surface area contributed by atoms with Crippen molar-refractivity contribution in [1.82, 2.24) is 9.97 Å². The van der Waals surface area contributed by atoms with Crippen molar-refractivity contribution in [1.29, 1.82) is 0 Å². The van der Waals surface area contributed by atoms with E-state index in [0.29, 0.717) is 101 Å². The summed E-state index contributed by atoms with van der Waals surface area (Å²) in [5.74, 6) is -0.641. The van der Waals surface area contributed by atoms with E-state index in [0.717, 1.165) is 127 Å². The first kappa shape index (κ1) is 101. The summed E-state index contributed by atoms with van der Waals surface area (Å²) in [5, 5.41) is 37.6. The zero-order valence-electron chi connectivity index (χ0n) is 75.8. The van der Waals surface area contributed by atoms with Gasteiger partial charge in [0.05, 0.1) is 45.7 Å². The number of ether oxygens (including phenoxy) is 1. The number of piperidine rings is 5. The van der Waals surface area contributed by atoms with Gasteiger partial charge in [0, 0.05) is 150 Å². The van der Waals surface area contributed by atoms with Crippen molar-refractivity contribution in [2.24, 2.45) is 11.8 Å². The summed E-state index contributed by atoms with van der Waals surface area (Å²) in [7, 11) is 0. The SMILES string of the molecule is CC1CCN(c2ccc(NC(=O)Nc3ccc(Cl)cc3)cc2F)CC1.Cc1nccc(-c2cccc(NC(=O)Nc3ccc(N4CCCCC4)c(F)c3)c2)n1.O=C(Nc1ccc(Cl)cc1)Nc1ccc(N2CCC(C(F)(F)F)CC2)c(F)c1.O=C(Nc1ccc(N2CCCCC2)c(F)c1)Nc1ccc(Cl)cc1O.O=C(Nc1ccc(Oc2ccccc2)cc1)Nc1ccc(N2CCCCC2)c(F)c1. The number of hydrogen-bond acceptors (Lipinski definition) is 14. The van der Waals surface area contributed by atoms with E-state index in [9.17, 15) is 64.2 Å². The second kappa shape index (κ2) is 49.5. The Hall–Kier alpha value is -14.2. The van der Waals surface area contributed by atoms with Gasteiger partial charge in [-0.05, 0) is 303 Å². The predicted octanol–water partition coefficient (Wildman–Crippen LogP) is 27.6. The highest BCUT2D eigenvalue weighted by Gasteiger charge is 2.41. The Bertz CT molecular complexity index is 6100. The number of anilines is 15. The van der Waals surface area contributed by atoms with Crippen LogP contribution < -0.4 is 82.4 Å². The largest absolute Gasteiger partial charge is 0.506 e. The van der Waals surface area contributed by atoms with E-state index in [1.165, 1.54) is 67.8 Å². The second-order valence-corrected chi connectivity index (χ2v) is 34.8. The minimum atomic E-state index is -4.21. The lowest BCUT2D eigenvalue weighted by Crippen LogP contribution is -2.39. The van der Waals surface area contributed by atoms with Crippen LogP contribution >= 0.6 is 34.8 Å². The number of alkyl halides is 3. The molecule has 6 heterocycles. The van der Waals surface area contributed by atoms with Crippen LogP contribution in [0.2, 0.25) is 15.1 Å². The Morgan fingerprint density at radius 2 is 0.667 bits per heavy atom. The number of halogens is 11. The number of benzene rings is 11. The summed E-state index contributed by atoms with van der Waals surface area (Å²) in [5.41, 5.74) is 8.59. The average molecular weight is 1950 g/mol. The van der Waals surface area contributed by atoms with Crippen molar-refractivity contribution in [2.45, 2.75) is 103 Å². The van der Waals surface area contributed by atoms with Gasteiger partial charge in [-0.1, -0.05) is 72.1 Å². The van der Waals surface area contributed by atoms with Crippen molar-refractivity contribution < 1.29 is 68.9 Å². The summed E-state index contributed by atoms with van der Waals surface area (Å²) in [4.78, 5) is 79.0. The van der Waals surface area contributed by atoms with Crippen molar-refractivity contribution in [3.05, 3.63) is 299 Å². The molecule has 0 spiro atoms. The number of hydrogen-bond donors (Lipinski definition) is 11. The number of aromatic nitrogens is 2.